The predicted molar refractivity (Wildman–Crippen MR) is 448 cm³/mol. The number of hydrogen-bond donors (Lipinski definition) is 5. The first-order valence-corrected chi connectivity index (χ1v) is 40.3. The van der Waals surface area contributed by atoms with E-state index in [0.717, 1.165) is 133 Å². The van der Waals surface area contributed by atoms with Crippen LogP contribution in [0.4, 0.5) is 32.3 Å². The molecule has 10 heterocycles. The summed E-state index contributed by atoms with van der Waals surface area (Å²) >= 11 is 0. The maximum atomic E-state index is 12.8. The van der Waals surface area contributed by atoms with E-state index in [1.807, 2.05) is 51.4 Å². The Kier molecular flexibility index (Phi) is 23.7. The maximum absolute atomic E-state index is 12.8. The summed E-state index contributed by atoms with van der Waals surface area (Å²) < 4.78 is 13.6. The van der Waals surface area contributed by atoms with Crippen molar-refractivity contribution in [1.82, 2.24) is 49.0 Å². The molecule has 0 fully saturated rings. The number of nitro groups is 2. The molecule has 24 heteroatoms. The molecule has 113 heavy (non-hydrogen) atoms. The Balaban J connectivity index is 0.000000141. The van der Waals surface area contributed by atoms with Gasteiger partial charge in [0.15, 0.2) is 11.0 Å². The molecule has 0 saturated heterocycles. The Hall–Kier alpha value is -9.87. The minimum Gasteiger partial charge on any atom is -0.443 e. The van der Waals surface area contributed by atoms with Crippen LogP contribution in [0.5, 0.6) is 0 Å². The van der Waals surface area contributed by atoms with Gasteiger partial charge in [0.05, 0.1) is 66.7 Å². The van der Waals surface area contributed by atoms with Gasteiger partial charge in [-0.1, -0.05) is 104 Å². The minimum absolute atomic E-state index is 0.0665. The highest BCUT2D eigenvalue weighted by atomic mass is 16.6. The molecule has 10 aromatic heterocycles. The summed E-state index contributed by atoms with van der Waals surface area (Å²) in [6.07, 6.45) is 22.5. The van der Waals surface area contributed by atoms with E-state index in [2.05, 4.69) is 158 Å². The third-order valence-corrected chi connectivity index (χ3v) is 23.5. The molecule has 0 radical (unpaired) electrons. The monoisotopic (exact) mass is 1540 g/mol. The molecule has 5 atom stereocenters. The van der Waals surface area contributed by atoms with Crippen molar-refractivity contribution in [2.75, 3.05) is 10.6 Å². The topological polar surface area (TPSA) is 319 Å². The van der Waals surface area contributed by atoms with Crippen LogP contribution in [0.3, 0.4) is 0 Å². The van der Waals surface area contributed by atoms with Gasteiger partial charge in [-0.3, -0.25) is 34.8 Å². The van der Waals surface area contributed by atoms with E-state index >= 15 is 0 Å². The summed E-state index contributed by atoms with van der Waals surface area (Å²) in [4.78, 5) is 103. The van der Waals surface area contributed by atoms with Gasteiger partial charge in [0.25, 0.3) is 0 Å². The normalized spacial score (nSPS) is 18.4. The van der Waals surface area contributed by atoms with Crippen molar-refractivity contribution in [2.45, 2.75) is 267 Å². The van der Waals surface area contributed by atoms with Gasteiger partial charge in [-0.25, -0.2) is 38.7 Å². The van der Waals surface area contributed by atoms with E-state index in [-0.39, 0.29) is 49.9 Å². The number of nitrogens with one attached hydrogen (secondary N) is 5. The van der Waals surface area contributed by atoms with Crippen LogP contribution in [0.15, 0.2) is 67.4 Å². The van der Waals surface area contributed by atoms with Crippen LogP contribution in [0.2, 0.25) is 0 Å². The second-order valence-electron chi connectivity index (χ2n) is 39.4. The average Bonchev–Trinajstić information content (AvgIpc) is 1.63. The average molecular weight is 1550 g/mol. The standard InChI is InChI=1S/C22H31N3O3.C20H27N3O4.C17H23N3O.C15H19N3O2.C15H20N2/c1-13(26)23-17-12-25(20(27)28-22(5,6)7)18-11-14-10-15(21(2,3)4)8-9-16(14)24-19(17)18;1-19(2,3)13-7-8-14-12(9-13)10-15-17(21-14)16(23(25)26)11-22(15)18(24)27-20(4,5)6;1-10(21)19-15-9-18-14-8-11-7-12(17(2,3)4)5-6-13(11)20-16(14)15;1-15(2,3)10-4-5-11-9(6-10)7-12-14(17-11)13(8-16-12)18(19)20;1-15(2,3)11-4-5-12-10(8-11)9-14-13(17-12)6-7-16-14/h11-12,15H,8-10H2,1-7H3,(H,23,26);10-11,13H,7-9H2,1-6H3;8-9,12,18H,5-7H2,1-4H3,(H,19,21);7-8,10,16H,4-6H2,1-3H3;6-7,9,11,16H,4-5,8H2,1-3H3. The van der Waals surface area contributed by atoms with Gasteiger partial charge in [-0.2, -0.15) is 0 Å². The van der Waals surface area contributed by atoms with Crippen molar-refractivity contribution in [1.29, 1.82) is 0 Å². The van der Waals surface area contributed by atoms with Gasteiger partial charge in [0.1, 0.15) is 22.2 Å². The molecule has 24 nitrogen and oxygen atoms in total. The number of H-pyrrole nitrogens is 3. The fourth-order valence-corrected chi connectivity index (χ4v) is 16.5. The lowest BCUT2D eigenvalue weighted by Crippen LogP contribution is -2.28. The zero-order valence-electron chi connectivity index (χ0n) is 71.0. The lowest BCUT2D eigenvalue weighted by Gasteiger charge is -2.34. The second kappa shape index (κ2) is 31.8. The fraction of sp³-hybridized carbons (Fsp3) is 0.562. The molecule has 15 rings (SSSR count). The Morgan fingerprint density at radius 1 is 0.416 bits per heavy atom. The highest BCUT2D eigenvalue weighted by molar-refractivity contribution is 6.03. The molecule has 0 aromatic carbocycles. The number of aromatic amines is 3. The van der Waals surface area contributed by atoms with Gasteiger partial charge in [0.2, 0.25) is 11.8 Å². The molecular formula is C89H120N14O10. The van der Waals surface area contributed by atoms with E-state index in [4.69, 9.17) is 24.4 Å². The van der Waals surface area contributed by atoms with Crippen LogP contribution in [0.1, 0.15) is 248 Å². The van der Waals surface area contributed by atoms with Crippen LogP contribution >= 0.6 is 0 Å². The van der Waals surface area contributed by atoms with E-state index < -0.39 is 28.3 Å². The van der Waals surface area contributed by atoms with Crippen molar-refractivity contribution in [2.24, 2.45) is 56.7 Å². The number of carbonyl (C=O) groups excluding carboxylic acids is 4. The Morgan fingerprint density at radius 3 is 1.15 bits per heavy atom. The van der Waals surface area contributed by atoms with Gasteiger partial charge in [-0.15, -0.1) is 0 Å². The van der Waals surface area contributed by atoms with Gasteiger partial charge >= 0.3 is 23.6 Å². The summed E-state index contributed by atoms with van der Waals surface area (Å²) in [5.74, 6) is 2.93. The molecule has 5 unspecified atom stereocenters. The zero-order chi connectivity index (χ0) is 82.7. The Labute approximate surface area is 664 Å². The second-order valence-corrected chi connectivity index (χ2v) is 39.4. The highest BCUT2D eigenvalue weighted by Gasteiger charge is 2.37. The minimum atomic E-state index is -0.693. The number of aromatic nitrogens is 10. The number of rotatable bonds is 4. The summed E-state index contributed by atoms with van der Waals surface area (Å²) in [6, 6.07) is 12.5. The summed E-state index contributed by atoms with van der Waals surface area (Å²) in [7, 11) is 0. The molecule has 2 amide bonds. The Morgan fingerprint density at radius 2 is 0.752 bits per heavy atom. The third-order valence-electron chi connectivity index (χ3n) is 23.5. The molecule has 10 aromatic rings. The summed E-state index contributed by atoms with van der Waals surface area (Å²) in [5, 5.41) is 28.1. The van der Waals surface area contributed by atoms with Crippen LogP contribution in [-0.2, 0) is 83.3 Å². The maximum Gasteiger partial charge on any atom is 0.419 e. The smallest absolute Gasteiger partial charge is 0.419 e. The number of aryl methyl sites for hydroxylation is 5. The Bertz CT molecular complexity index is 5270. The number of nitrogens with zero attached hydrogens (tertiary/aromatic N) is 9. The first-order valence-electron chi connectivity index (χ1n) is 40.3. The molecule has 0 saturated carbocycles. The molecular weight excluding hydrogens is 1430 g/mol. The van der Waals surface area contributed by atoms with Crippen molar-refractivity contribution in [3.63, 3.8) is 0 Å². The number of ether oxygens (including phenoxy) is 2. The number of carbonyl (C=O) groups is 4. The molecule has 0 aliphatic heterocycles. The van der Waals surface area contributed by atoms with Crippen molar-refractivity contribution in [3.05, 3.63) is 144 Å². The summed E-state index contributed by atoms with van der Waals surface area (Å²) in [6.45, 7) is 48.1. The molecule has 0 spiro atoms. The van der Waals surface area contributed by atoms with Crippen molar-refractivity contribution < 1.29 is 38.5 Å². The fourth-order valence-electron chi connectivity index (χ4n) is 16.5. The van der Waals surface area contributed by atoms with Crippen LogP contribution in [-0.4, -0.2) is 94.1 Å². The largest absolute Gasteiger partial charge is 0.443 e. The number of pyridine rings is 5. The summed E-state index contributed by atoms with van der Waals surface area (Å²) in [5.41, 5.74) is 20.5. The van der Waals surface area contributed by atoms with E-state index in [1.54, 1.807) is 27.0 Å². The molecule has 606 valence electrons. The number of anilines is 2. The van der Waals surface area contributed by atoms with Gasteiger partial charge < -0.3 is 35.1 Å². The van der Waals surface area contributed by atoms with Crippen molar-refractivity contribution in [3.8, 4) is 0 Å². The number of hydrogen-bond acceptors (Lipinski definition) is 15. The lowest BCUT2D eigenvalue weighted by molar-refractivity contribution is -0.383. The number of amides is 2. The van der Waals surface area contributed by atoms with Crippen LogP contribution in [0.25, 0.3) is 55.2 Å². The molecule has 5 aliphatic rings. The molecule has 5 N–H and O–H groups in total. The number of fused-ring (bicyclic) bond motifs is 10. The predicted octanol–water partition coefficient (Wildman–Crippen LogP) is 20.8. The third kappa shape index (κ3) is 19.8. The molecule has 5 aliphatic carbocycles. The van der Waals surface area contributed by atoms with Crippen LogP contribution in [0, 0.1) is 76.9 Å². The van der Waals surface area contributed by atoms with Crippen LogP contribution < -0.4 is 10.6 Å². The van der Waals surface area contributed by atoms with Gasteiger partial charge in [0, 0.05) is 60.9 Å². The van der Waals surface area contributed by atoms with E-state index in [1.165, 1.54) is 93.8 Å². The quantitative estimate of drug-likeness (QED) is 0.0808. The van der Waals surface area contributed by atoms with Gasteiger partial charge in [-0.05, 0) is 259 Å². The first-order chi connectivity index (χ1) is 52.5. The lowest BCUT2D eigenvalue weighted by atomic mass is 9.71. The van der Waals surface area contributed by atoms with Crippen molar-refractivity contribution >= 4 is 102 Å². The SMILES string of the molecule is CC(=O)Nc1c[nH]c2cc3c(nc12)CCC(C(C)(C)C)C3.CC(=O)Nc1cn(C(=O)OC(C)(C)C)c2cc3c(nc12)CCC(C(C)(C)C)C3.CC(C)(C)C1CCc2nc3c([N+](=O)[O-])c[nH]c3cc2C1.CC(C)(C)C1CCc2nc3cc[nH]c3cc2C1.CC(C)(C)OC(=O)n1cc([N+](=O)[O-])c2nc3c(cc21)CC(C(C)(C)C)CC3. The molecule has 0 bridgehead atoms. The first kappa shape index (κ1) is 84.0. The van der Waals surface area contributed by atoms with E-state index in [9.17, 15) is 39.4 Å². The van der Waals surface area contributed by atoms with E-state index in [0.29, 0.717) is 62.3 Å². The highest BCUT2D eigenvalue weighted by Crippen LogP contribution is 2.45. The zero-order valence-corrected chi connectivity index (χ0v) is 71.0.